The molecule has 3 N–H and O–H groups in total. The molecule has 0 radical (unpaired) electrons. The van der Waals surface area contributed by atoms with Gasteiger partial charge in [-0.2, -0.15) is 0 Å². The number of ether oxygens (including phenoxy) is 3. The Morgan fingerprint density at radius 1 is 1.41 bits per heavy atom. The third-order valence-electron chi connectivity index (χ3n) is 5.27. The van der Waals surface area contributed by atoms with Crippen molar-refractivity contribution in [2.75, 3.05) is 20.3 Å². The molecule has 9 heteroatoms. The van der Waals surface area contributed by atoms with E-state index in [2.05, 4.69) is 27.4 Å². The van der Waals surface area contributed by atoms with Gasteiger partial charge in [0.25, 0.3) is 5.79 Å². The second kappa shape index (κ2) is 9.12. The molecule has 27 heavy (non-hydrogen) atoms. The maximum atomic E-state index is 12.3. The largest absolute Gasteiger partial charge is 0.465 e. The molecule has 5 atom stereocenters. The summed E-state index contributed by atoms with van der Waals surface area (Å²) >= 11 is 0. The van der Waals surface area contributed by atoms with Crippen molar-refractivity contribution in [2.24, 2.45) is 0 Å². The highest BCUT2D eigenvalue weighted by atomic mass is 28.4. The van der Waals surface area contributed by atoms with Crippen LogP contribution in [0.1, 0.15) is 27.2 Å². The highest BCUT2D eigenvalue weighted by Crippen LogP contribution is 2.37. The van der Waals surface area contributed by atoms with Crippen LogP contribution in [-0.4, -0.2) is 80.1 Å². The number of esters is 1. The lowest BCUT2D eigenvalue weighted by Gasteiger charge is -2.45. The van der Waals surface area contributed by atoms with Gasteiger partial charge in [0.15, 0.2) is 8.32 Å². The Bertz CT molecular complexity index is 518. The SMILES string of the molecule is C=CCO[C@]1(C(=O)OC)C[C@@H](O)[C@@H](O)[C@@H]([C@H](O)CO[Si](C)(C)C(C)(C)C)O1. The van der Waals surface area contributed by atoms with Crippen molar-refractivity contribution in [3.8, 4) is 0 Å². The van der Waals surface area contributed by atoms with Gasteiger partial charge in [-0.1, -0.05) is 26.8 Å². The summed E-state index contributed by atoms with van der Waals surface area (Å²) in [6.07, 6.45) is -4.25. The summed E-state index contributed by atoms with van der Waals surface area (Å²) in [5, 5.41) is 31.1. The smallest absolute Gasteiger partial charge is 0.366 e. The van der Waals surface area contributed by atoms with Crippen LogP contribution in [0.15, 0.2) is 12.7 Å². The van der Waals surface area contributed by atoms with Crippen LogP contribution < -0.4 is 0 Å². The quantitative estimate of drug-likeness (QED) is 0.310. The van der Waals surface area contributed by atoms with E-state index in [4.69, 9.17) is 18.6 Å². The zero-order chi connectivity index (χ0) is 21.0. The maximum Gasteiger partial charge on any atom is 0.366 e. The first kappa shape index (κ1) is 24.2. The van der Waals surface area contributed by atoms with Crippen LogP contribution in [0.4, 0.5) is 0 Å². The number of aliphatic hydroxyl groups excluding tert-OH is 3. The van der Waals surface area contributed by atoms with Gasteiger partial charge in [-0.3, -0.25) is 0 Å². The molecule has 1 saturated heterocycles. The summed E-state index contributed by atoms with van der Waals surface area (Å²) in [6, 6.07) is 0. The van der Waals surface area contributed by atoms with Gasteiger partial charge in [-0.25, -0.2) is 4.79 Å². The van der Waals surface area contributed by atoms with E-state index < -0.39 is 44.5 Å². The molecule has 1 aliphatic rings. The number of hydrogen-bond donors (Lipinski definition) is 3. The zero-order valence-corrected chi connectivity index (χ0v) is 18.1. The van der Waals surface area contributed by atoms with Crippen molar-refractivity contribution in [2.45, 2.75) is 75.5 Å². The molecule has 1 aliphatic heterocycles. The predicted molar refractivity (Wildman–Crippen MR) is 102 cm³/mol. The number of carbonyl (C=O) groups excluding carboxylic acids is 1. The minimum atomic E-state index is -2.15. The fraction of sp³-hybridized carbons (Fsp3) is 0.833. The zero-order valence-electron chi connectivity index (χ0n) is 17.1. The standard InChI is InChI=1S/C18H34O8Si/c1-8-9-24-18(16(22)23-5)10-12(19)14(21)15(26-18)13(20)11-25-27(6,7)17(2,3)4/h8,12-15,19-21H,1,9-11H2,2-7H3/t12-,13-,14-,15-,18-/m1/s1. The molecule has 0 unspecified atom stereocenters. The Hall–Kier alpha value is -0.813. The molecule has 158 valence electrons. The molecule has 1 heterocycles. The van der Waals surface area contributed by atoms with Crippen molar-refractivity contribution in [3.05, 3.63) is 12.7 Å². The highest BCUT2D eigenvalue weighted by molar-refractivity contribution is 6.74. The Balaban J connectivity index is 2.99. The first-order valence-electron chi connectivity index (χ1n) is 9.00. The molecule has 0 aliphatic carbocycles. The summed E-state index contributed by atoms with van der Waals surface area (Å²) in [4.78, 5) is 12.3. The Labute approximate surface area is 162 Å². The number of methoxy groups -OCH3 is 1. The van der Waals surface area contributed by atoms with Gasteiger partial charge in [0.2, 0.25) is 0 Å². The normalized spacial score (nSPS) is 30.6. The summed E-state index contributed by atoms with van der Waals surface area (Å²) in [5.41, 5.74) is 0. The molecule has 0 saturated carbocycles. The second-order valence-electron chi connectivity index (χ2n) is 8.33. The monoisotopic (exact) mass is 406 g/mol. The fourth-order valence-electron chi connectivity index (χ4n) is 2.50. The average molecular weight is 407 g/mol. The number of aliphatic hydroxyl groups is 3. The van der Waals surface area contributed by atoms with Crippen LogP contribution in [0.2, 0.25) is 18.1 Å². The van der Waals surface area contributed by atoms with Crippen molar-refractivity contribution >= 4 is 14.3 Å². The fourth-order valence-corrected chi connectivity index (χ4v) is 3.52. The summed E-state index contributed by atoms with van der Waals surface area (Å²) < 4.78 is 21.8. The van der Waals surface area contributed by atoms with Crippen molar-refractivity contribution in [1.29, 1.82) is 0 Å². The van der Waals surface area contributed by atoms with Crippen LogP contribution in [0.3, 0.4) is 0 Å². The van der Waals surface area contributed by atoms with E-state index in [-0.39, 0.29) is 24.7 Å². The van der Waals surface area contributed by atoms with Gasteiger partial charge in [-0.05, 0) is 18.1 Å². The van der Waals surface area contributed by atoms with Gasteiger partial charge < -0.3 is 34.0 Å². The van der Waals surface area contributed by atoms with Gasteiger partial charge in [-0.15, -0.1) is 6.58 Å². The van der Waals surface area contributed by atoms with Crippen LogP contribution in [-0.2, 0) is 23.4 Å². The van der Waals surface area contributed by atoms with Gasteiger partial charge in [0.1, 0.15) is 18.3 Å². The average Bonchev–Trinajstić information content (AvgIpc) is 2.58. The van der Waals surface area contributed by atoms with Crippen molar-refractivity contribution in [1.82, 2.24) is 0 Å². The predicted octanol–water partition coefficient (Wildman–Crippen LogP) is 0.952. The molecule has 0 aromatic heterocycles. The summed E-state index contributed by atoms with van der Waals surface area (Å²) in [6.45, 7) is 13.6. The lowest BCUT2D eigenvalue weighted by atomic mass is 9.92. The summed E-state index contributed by atoms with van der Waals surface area (Å²) in [7, 11) is -0.991. The highest BCUT2D eigenvalue weighted by Gasteiger charge is 2.55. The van der Waals surface area contributed by atoms with E-state index in [1.807, 2.05) is 13.1 Å². The van der Waals surface area contributed by atoms with Crippen LogP contribution in [0.5, 0.6) is 0 Å². The topological polar surface area (TPSA) is 115 Å². The molecule has 1 fully saturated rings. The third kappa shape index (κ3) is 5.60. The molecular formula is C18H34O8Si. The van der Waals surface area contributed by atoms with E-state index >= 15 is 0 Å². The lowest BCUT2D eigenvalue weighted by molar-refractivity contribution is -0.321. The molecule has 1 rings (SSSR count). The first-order chi connectivity index (χ1) is 12.3. The van der Waals surface area contributed by atoms with Crippen LogP contribution in [0, 0.1) is 0 Å². The lowest BCUT2D eigenvalue weighted by Crippen LogP contribution is -2.63. The van der Waals surface area contributed by atoms with Gasteiger partial charge in [0, 0.05) is 6.42 Å². The van der Waals surface area contributed by atoms with E-state index in [1.165, 1.54) is 6.08 Å². The van der Waals surface area contributed by atoms with Crippen LogP contribution >= 0.6 is 0 Å². The summed E-state index contributed by atoms with van der Waals surface area (Å²) in [5.74, 6) is -2.80. The minimum Gasteiger partial charge on any atom is -0.465 e. The van der Waals surface area contributed by atoms with E-state index in [0.29, 0.717) is 0 Å². The van der Waals surface area contributed by atoms with Crippen molar-refractivity contribution in [3.63, 3.8) is 0 Å². The van der Waals surface area contributed by atoms with Crippen LogP contribution in [0.25, 0.3) is 0 Å². The molecule has 0 amide bonds. The number of carbonyl (C=O) groups is 1. The molecule has 0 spiro atoms. The Kier molecular flexibility index (Phi) is 8.19. The molecule has 8 nitrogen and oxygen atoms in total. The van der Waals surface area contributed by atoms with E-state index in [9.17, 15) is 20.1 Å². The molecule has 0 aromatic rings. The van der Waals surface area contributed by atoms with E-state index in [1.54, 1.807) is 0 Å². The third-order valence-corrected chi connectivity index (χ3v) is 9.77. The molecule has 0 bridgehead atoms. The maximum absolute atomic E-state index is 12.3. The Morgan fingerprint density at radius 2 is 2.00 bits per heavy atom. The first-order valence-corrected chi connectivity index (χ1v) is 11.9. The Morgan fingerprint density at radius 3 is 2.48 bits per heavy atom. The van der Waals surface area contributed by atoms with Gasteiger partial charge >= 0.3 is 5.97 Å². The second-order valence-corrected chi connectivity index (χ2v) is 13.1. The minimum absolute atomic E-state index is 0.0405. The van der Waals surface area contributed by atoms with Gasteiger partial charge in [0.05, 0.1) is 26.4 Å². The van der Waals surface area contributed by atoms with Crippen molar-refractivity contribution < 1.29 is 38.8 Å². The molecule has 0 aromatic carbocycles. The number of hydrogen-bond acceptors (Lipinski definition) is 8. The molecular weight excluding hydrogens is 372 g/mol. The number of rotatable bonds is 8. The van der Waals surface area contributed by atoms with E-state index in [0.717, 1.165) is 7.11 Å².